The van der Waals surface area contributed by atoms with Gasteiger partial charge < -0.3 is 9.47 Å². The molecule has 1 heterocycles. The first kappa shape index (κ1) is 16.4. The molecular formula is C14H20ClNO4S. The lowest BCUT2D eigenvalue weighted by Crippen LogP contribution is -2.28. The van der Waals surface area contributed by atoms with Crippen molar-refractivity contribution < 1.29 is 17.9 Å². The highest BCUT2D eigenvalue weighted by Gasteiger charge is 2.23. The third kappa shape index (κ3) is 4.02. The number of nitrogens with zero attached hydrogens (tertiary/aromatic N) is 1. The van der Waals surface area contributed by atoms with Gasteiger partial charge in [0.2, 0.25) is 10.0 Å². The first-order valence-corrected chi connectivity index (χ1v) is 8.95. The number of hydrogen-bond acceptors (Lipinski definition) is 4. The lowest BCUT2D eigenvalue weighted by molar-refractivity contribution is 0.171. The van der Waals surface area contributed by atoms with Crippen LogP contribution in [0.3, 0.4) is 0 Å². The summed E-state index contributed by atoms with van der Waals surface area (Å²) in [4.78, 5) is 0.228. The van der Waals surface area contributed by atoms with Crippen LogP contribution in [0.1, 0.15) is 19.3 Å². The fourth-order valence-corrected chi connectivity index (χ4v) is 3.50. The molecule has 1 aliphatic heterocycles. The molecule has 0 saturated carbocycles. The van der Waals surface area contributed by atoms with E-state index >= 15 is 0 Å². The lowest BCUT2D eigenvalue weighted by atomic mass is 10.2. The predicted molar refractivity (Wildman–Crippen MR) is 81.8 cm³/mol. The van der Waals surface area contributed by atoms with Crippen LogP contribution in [-0.4, -0.2) is 45.4 Å². The Morgan fingerprint density at radius 3 is 2.57 bits per heavy atom. The molecule has 118 valence electrons. The predicted octanol–water partition coefficient (Wildman–Crippen LogP) is 2.49. The highest BCUT2D eigenvalue weighted by molar-refractivity contribution is 7.89. The minimum Gasteiger partial charge on any atom is -0.486 e. The number of halogens is 1. The van der Waals surface area contributed by atoms with Gasteiger partial charge in [0.15, 0.2) is 11.5 Å². The van der Waals surface area contributed by atoms with Gasteiger partial charge >= 0.3 is 0 Å². The Hall–Kier alpha value is -0.980. The lowest BCUT2D eigenvalue weighted by Gasteiger charge is -2.21. The summed E-state index contributed by atoms with van der Waals surface area (Å²) >= 11 is 5.61. The summed E-state index contributed by atoms with van der Waals surface area (Å²) in [7, 11) is -1.90. The standard InChI is InChI=1S/C14H20ClNO4S/c1-16(8-4-2-3-7-15)21(17,18)12-5-6-13-14(11-12)20-10-9-19-13/h5-6,11H,2-4,7-10H2,1H3. The molecule has 0 atom stereocenters. The van der Waals surface area contributed by atoms with Crippen LogP contribution >= 0.6 is 11.6 Å². The van der Waals surface area contributed by atoms with Crippen molar-refractivity contribution in [2.24, 2.45) is 0 Å². The molecule has 21 heavy (non-hydrogen) atoms. The second-order valence-electron chi connectivity index (χ2n) is 4.88. The summed E-state index contributed by atoms with van der Waals surface area (Å²) in [5.74, 6) is 1.68. The van der Waals surface area contributed by atoms with E-state index in [1.165, 1.54) is 10.4 Å². The molecule has 2 rings (SSSR count). The molecule has 0 aromatic heterocycles. The molecule has 0 saturated heterocycles. The van der Waals surface area contributed by atoms with Gasteiger partial charge in [-0.1, -0.05) is 6.42 Å². The van der Waals surface area contributed by atoms with Gasteiger partial charge in [0.1, 0.15) is 13.2 Å². The number of unbranched alkanes of at least 4 members (excludes halogenated alkanes) is 2. The summed E-state index contributed by atoms with van der Waals surface area (Å²) in [6.45, 7) is 1.40. The smallest absolute Gasteiger partial charge is 0.242 e. The first-order chi connectivity index (χ1) is 10.1. The van der Waals surface area contributed by atoms with Gasteiger partial charge in [-0.05, 0) is 25.0 Å². The minimum atomic E-state index is -3.49. The number of benzene rings is 1. The van der Waals surface area contributed by atoms with Gasteiger partial charge in [-0.15, -0.1) is 11.6 Å². The van der Waals surface area contributed by atoms with Crippen molar-refractivity contribution >= 4 is 21.6 Å². The van der Waals surface area contributed by atoms with E-state index in [1.54, 1.807) is 19.2 Å². The molecule has 0 spiro atoms. The maximum absolute atomic E-state index is 12.5. The van der Waals surface area contributed by atoms with Gasteiger partial charge in [0, 0.05) is 25.5 Å². The van der Waals surface area contributed by atoms with Crippen LogP contribution in [0, 0.1) is 0 Å². The van der Waals surface area contributed by atoms with Crippen molar-refractivity contribution in [1.29, 1.82) is 0 Å². The van der Waals surface area contributed by atoms with Crippen molar-refractivity contribution in [3.8, 4) is 11.5 Å². The fourth-order valence-electron chi connectivity index (χ4n) is 2.09. The van der Waals surface area contributed by atoms with E-state index in [0.717, 1.165) is 19.3 Å². The maximum Gasteiger partial charge on any atom is 0.242 e. The van der Waals surface area contributed by atoms with Crippen LogP contribution in [-0.2, 0) is 10.0 Å². The quantitative estimate of drug-likeness (QED) is 0.568. The molecule has 0 amide bonds. The Bertz CT molecular complexity index is 576. The Labute approximate surface area is 130 Å². The van der Waals surface area contributed by atoms with Crippen molar-refractivity contribution in [1.82, 2.24) is 4.31 Å². The summed E-state index contributed by atoms with van der Waals surface area (Å²) < 4.78 is 37.2. The molecule has 1 aromatic carbocycles. The number of ether oxygens (including phenoxy) is 2. The highest BCUT2D eigenvalue weighted by Crippen LogP contribution is 2.32. The number of fused-ring (bicyclic) bond motifs is 1. The molecule has 0 unspecified atom stereocenters. The highest BCUT2D eigenvalue weighted by atomic mass is 35.5. The Kier molecular flexibility index (Phi) is 5.72. The van der Waals surface area contributed by atoms with E-state index in [4.69, 9.17) is 21.1 Å². The summed E-state index contributed by atoms with van der Waals surface area (Å²) in [6, 6.07) is 4.72. The first-order valence-electron chi connectivity index (χ1n) is 6.97. The summed E-state index contributed by atoms with van der Waals surface area (Å²) in [5, 5.41) is 0. The van der Waals surface area contributed by atoms with Gasteiger partial charge in [0.05, 0.1) is 4.90 Å². The zero-order chi connectivity index (χ0) is 15.3. The number of sulfonamides is 1. The van der Waals surface area contributed by atoms with E-state index in [9.17, 15) is 8.42 Å². The SMILES string of the molecule is CN(CCCCCCl)S(=O)(=O)c1ccc2c(c1)OCCO2. The fraction of sp³-hybridized carbons (Fsp3) is 0.571. The monoisotopic (exact) mass is 333 g/mol. The van der Waals surface area contributed by atoms with Gasteiger partial charge in [-0.2, -0.15) is 0 Å². The van der Waals surface area contributed by atoms with E-state index < -0.39 is 10.0 Å². The normalized spacial score (nSPS) is 14.4. The second kappa shape index (κ2) is 7.33. The van der Waals surface area contributed by atoms with Crippen LogP contribution in [0.5, 0.6) is 11.5 Å². The summed E-state index contributed by atoms with van der Waals surface area (Å²) in [6.07, 6.45) is 2.62. The topological polar surface area (TPSA) is 55.8 Å². The summed E-state index contributed by atoms with van der Waals surface area (Å²) in [5.41, 5.74) is 0. The van der Waals surface area contributed by atoms with Gasteiger partial charge in [-0.3, -0.25) is 0 Å². The molecule has 1 aliphatic rings. The molecular weight excluding hydrogens is 314 g/mol. The third-order valence-corrected chi connectivity index (χ3v) is 5.45. The van der Waals surface area contributed by atoms with Gasteiger partial charge in [0.25, 0.3) is 0 Å². The molecule has 1 aromatic rings. The molecule has 0 N–H and O–H groups in total. The Balaban J connectivity index is 2.08. The van der Waals surface area contributed by atoms with Crippen LogP contribution in [0.4, 0.5) is 0 Å². The van der Waals surface area contributed by atoms with Crippen molar-refractivity contribution in [3.63, 3.8) is 0 Å². The molecule has 7 heteroatoms. The van der Waals surface area contributed by atoms with Gasteiger partial charge in [-0.25, -0.2) is 12.7 Å². The molecule has 5 nitrogen and oxygen atoms in total. The number of alkyl halides is 1. The van der Waals surface area contributed by atoms with Crippen molar-refractivity contribution in [2.75, 3.05) is 32.7 Å². The molecule has 0 bridgehead atoms. The molecule has 0 aliphatic carbocycles. The van der Waals surface area contributed by atoms with E-state index in [0.29, 0.717) is 37.1 Å². The zero-order valence-corrected chi connectivity index (χ0v) is 13.6. The largest absolute Gasteiger partial charge is 0.486 e. The zero-order valence-electron chi connectivity index (χ0n) is 12.0. The van der Waals surface area contributed by atoms with Crippen molar-refractivity contribution in [3.05, 3.63) is 18.2 Å². The Morgan fingerprint density at radius 1 is 1.14 bits per heavy atom. The van der Waals surface area contributed by atoms with E-state index in [2.05, 4.69) is 0 Å². The number of rotatable bonds is 7. The average molecular weight is 334 g/mol. The third-order valence-electron chi connectivity index (χ3n) is 3.33. The van der Waals surface area contributed by atoms with E-state index in [-0.39, 0.29) is 4.90 Å². The van der Waals surface area contributed by atoms with Crippen LogP contribution < -0.4 is 9.47 Å². The van der Waals surface area contributed by atoms with Crippen molar-refractivity contribution in [2.45, 2.75) is 24.2 Å². The van der Waals surface area contributed by atoms with Crippen LogP contribution in [0.15, 0.2) is 23.1 Å². The molecule has 0 radical (unpaired) electrons. The van der Waals surface area contributed by atoms with Crippen LogP contribution in [0.2, 0.25) is 0 Å². The maximum atomic E-state index is 12.5. The average Bonchev–Trinajstić information content (AvgIpc) is 2.50. The van der Waals surface area contributed by atoms with E-state index in [1.807, 2.05) is 0 Å². The van der Waals surface area contributed by atoms with Crippen LogP contribution in [0.25, 0.3) is 0 Å². The Morgan fingerprint density at radius 2 is 1.86 bits per heavy atom. The molecule has 0 fully saturated rings. The minimum absolute atomic E-state index is 0.228. The number of hydrogen-bond donors (Lipinski definition) is 0. The second-order valence-corrected chi connectivity index (χ2v) is 7.30.